The first-order chi connectivity index (χ1) is 9.51. The van der Waals surface area contributed by atoms with E-state index in [0.717, 1.165) is 24.8 Å². The first kappa shape index (κ1) is 15.5. The Hall–Kier alpha value is -0.910. The van der Waals surface area contributed by atoms with Crippen LogP contribution in [0, 0.1) is 5.92 Å². The van der Waals surface area contributed by atoms with Crippen molar-refractivity contribution in [1.82, 2.24) is 10.0 Å². The van der Waals surface area contributed by atoms with Gasteiger partial charge < -0.3 is 5.32 Å². The zero-order valence-corrected chi connectivity index (χ0v) is 13.0. The summed E-state index contributed by atoms with van der Waals surface area (Å²) in [6, 6.07) is 7.21. The summed E-state index contributed by atoms with van der Waals surface area (Å²) in [5.41, 5.74) is 0.979. The molecule has 0 bridgehead atoms. The lowest BCUT2D eigenvalue weighted by Gasteiger charge is -2.27. The normalized spacial score (nSPS) is 23.7. The molecule has 1 fully saturated rings. The molecule has 2 rings (SSSR count). The molecule has 0 radical (unpaired) electrons. The van der Waals surface area contributed by atoms with Crippen molar-refractivity contribution in [2.75, 3.05) is 7.05 Å². The van der Waals surface area contributed by atoms with Crippen molar-refractivity contribution in [3.63, 3.8) is 0 Å². The van der Waals surface area contributed by atoms with Crippen molar-refractivity contribution in [1.29, 1.82) is 0 Å². The smallest absolute Gasteiger partial charge is 0.240 e. The van der Waals surface area contributed by atoms with Gasteiger partial charge >= 0.3 is 0 Å². The van der Waals surface area contributed by atoms with Gasteiger partial charge in [-0.2, -0.15) is 0 Å². The Labute approximate surface area is 122 Å². The van der Waals surface area contributed by atoms with E-state index < -0.39 is 10.0 Å². The van der Waals surface area contributed by atoms with Gasteiger partial charge in [0.2, 0.25) is 10.0 Å². The average Bonchev–Trinajstić information content (AvgIpc) is 2.39. The molecule has 4 nitrogen and oxygen atoms in total. The van der Waals surface area contributed by atoms with Crippen molar-refractivity contribution in [2.45, 2.75) is 50.1 Å². The third kappa shape index (κ3) is 4.04. The summed E-state index contributed by atoms with van der Waals surface area (Å²) in [5, 5.41) is 3.03. The van der Waals surface area contributed by atoms with Gasteiger partial charge in [0.05, 0.1) is 4.90 Å². The Morgan fingerprint density at radius 1 is 1.30 bits per heavy atom. The summed E-state index contributed by atoms with van der Waals surface area (Å²) in [6.07, 6.45) is 4.19. The molecule has 1 saturated carbocycles. The molecule has 1 aliphatic carbocycles. The van der Waals surface area contributed by atoms with Crippen molar-refractivity contribution < 1.29 is 8.42 Å². The number of sulfonamides is 1. The Morgan fingerprint density at radius 3 is 2.80 bits per heavy atom. The first-order valence-corrected chi connectivity index (χ1v) is 8.75. The van der Waals surface area contributed by atoms with E-state index in [0.29, 0.717) is 17.4 Å². The minimum absolute atomic E-state index is 0.0803. The van der Waals surface area contributed by atoms with Gasteiger partial charge in [0.25, 0.3) is 0 Å². The van der Waals surface area contributed by atoms with Crippen LogP contribution < -0.4 is 10.0 Å². The highest BCUT2D eigenvalue weighted by Crippen LogP contribution is 2.25. The van der Waals surface area contributed by atoms with Crippen LogP contribution in [0.4, 0.5) is 0 Å². The lowest BCUT2D eigenvalue weighted by atomic mass is 9.88. The third-order valence-corrected chi connectivity index (χ3v) is 5.37. The fraction of sp³-hybridized carbons (Fsp3) is 0.600. The summed E-state index contributed by atoms with van der Waals surface area (Å²) in [6.45, 7) is 2.86. The van der Waals surface area contributed by atoms with Crippen LogP contribution in [0.25, 0.3) is 0 Å². The number of hydrogen-bond donors (Lipinski definition) is 2. The van der Waals surface area contributed by atoms with E-state index in [-0.39, 0.29) is 6.04 Å². The molecule has 2 atom stereocenters. The fourth-order valence-electron chi connectivity index (χ4n) is 2.86. The maximum Gasteiger partial charge on any atom is 0.240 e. The molecule has 0 spiro atoms. The van der Waals surface area contributed by atoms with E-state index in [9.17, 15) is 8.42 Å². The highest BCUT2D eigenvalue weighted by atomic mass is 32.2. The van der Waals surface area contributed by atoms with E-state index in [1.54, 1.807) is 18.2 Å². The van der Waals surface area contributed by atoms with Crippen LogP contribution in [0.1, 0.15) is 38.2 Å². The number of benzene rings is 1. The molecule has 0 heterocycles. The topological polar surface area (TPSA) is 58.2 Å². The van der Waals surface area contributed by atoms with Crippen LogP contribution in [-0.4, -0.2) is 21.5 Å². The molecule has 20 heavy (non-hydrogen) atoms. The molecule has 1 aromatic rings. The van der Waals surface area contributed by atoms with Gasteiger partial charge in [0, 0.05) is 12.6 Å². The van der Waals surface area contributed by atoms with Crippen molar-refractivity contribution in [3.05, 3.63) is 29.8 Å². The second-order valence-electron chi connectivity index (χ2n) is 5.77. The minimum Gasteiger partial charge on any atom is -0.316 e. The maximum absolute atomic E-state index is 12.4. The van der Waals surface area contributed by atoms with Gasteiger partial charge in [-0.25, -0.2) is 13.1 Å². The van der Waals surface area contributed by atoms with Gasteiger partial charge in [0.15, 0.2) is 0 Å². The number of nitrogens with one attached hydrogen (secondary N) is 2. The van der Waals surface area contributed by atoms with Crippen LogP contribution in [0.2, 0.25) is 0 Å². The van der Waals surface area contributed by atoms with Crippen LogP contribution in [0.3, 0.4) is 0 Å². The van der Waals surface area contributed by atoms with E-state index in [1.807, 2.05) is 13.1 Å². The van der Waals surface area contributed by atoms with Gasteiger partial charge in [0.1, 0.15) is 0 Å². The summed E-state index contributed by atoms with van der Waals surface area (Å²) >= 11 is 0. The average molecular weight is 296 g/mol. The molecule has 0 aromatic heterocycles. The van der Waals surface area contributed by atoms with Gasteiger partial charge in [-0.3, -0.25) is 0 Å². The molecule has 0 saturated heterocycles. The van der Waals surface area contributed by atoms with E-state index in [4.69, 9.17) is 0 Å². The molecular weight excluding hydrogens is 272 g/mol. The summed E-state index contributed by atoms with van der Waals surface area (Å²) < 4.78 is 27.7. The van der Waals surface area contributed by atoms with Crippen LogP contribution in [0.5, 0.6) is 0 Å². The minimum atomic E-state index is -3.40. The third-order valence-electron chi connectivity index (χ3n) is 3.85. The molecule has 1 aliphatic rings. The molecule has 0 amide bonds. The van der Waals surface area contributed by atoms with Gasteiger partial charge in [-0.1, -0.05) is 31.9 Å². The van der Waals surface area contributed by atoms with Crippen molar-refractivity contribution in [2.24, 2.45) is 5.92 Å². The SMILES string of the molecule is CNCc1cccc(S(=O)(=O)NC2CCCC(C)C2)c1. The molecule has 5 heteroatoms. The van der Waals surface area contributed by atoms with Crippen LogP contribution in [-0.2, 0) is 16.6 Å². The lowest BCUT2D eigenvalue weighted by Crippen LogP contribution is -2.37. The Balaban J connectivity index is 2.11. The second-order valence-corrected chi connectivity index (χ2v) is 7.48. The highest BCUT2D eigenvalue weighted by molar-refractivity contribution is 7.89. The quantitative estimate of drug-likeness (QED) is 0.876. The zero-order valence-electron chi connectivity index (χ0n) is 12.2. The highest BCUT2D eigenvalue weighted by Gasteiger charge is 2.24. The Morgan fingerprint density at radius 2 is 2.10 bits per heavy atom. The largest absolute Gasteiger partial charge is 0.316 e. The fourth-order valence-corrected chi connectivity index (χ4v) is 4.21. The zero-order chi connectivity index (χ0) is 14.6. The predicted molar refractivity (Wildman–Crippen MR) is 80.9 cm³/mol. The van der Waals surface area contributed by atoms with E-state index >= 15 is 0 Å². The van der Waals surface area contributed by atoms with Crippen LogP contribution in [0.15, 0.2) is 29.2 Å². The summed E-state index contributed by atoms with van der Waals surface area (Å²) in [7, 11) is -1.55. The second kappa shape index (κ2) is 6.70. The summed E-state index contributed by atoms with van der Waals surface area (Å²) in [4.78, 5) is 0.364. The van der Waals surface area contributed by atoms with E-state index in [2.05, 4.69) is 17.0 Å². The first-order valence-electron chi connectivity index (χ1n) is 7.27. The molecule has 2 N–H and O–H groups in total. The predicted octanol–water partition coefficient (Wildman–Crippen LogP) is 2.26. The van der Waals surface area contributed by atoms with Gasteiger partial charge in [-0.05, 0) is 43.5 Å². The molecule has 0 aliphatic heterocycles. The van der Waals surface area contributed by atoms with E-state index in [1.165, 1.54) is 6.42 Å². The monoisotopic (exact) mass is 296 g/mol. The number of hydrogen-bond acceptors (Lipinski definition) is 3. The van der Waals surface area contributed by atoms with Crippen LogP contribution >= 0.6 is 0 Å². The maximum atomic E-state index is 12.4. The molecule has 1 aromatic carbocycles. The molecular formula is C15H24N2O2S. The molecule has 2 unspecified atom stereocenters. The van der Waals surface area contributed by atoms with Gasteiger partial charge in [-0.15, -0.1) is 0 Å². The van der Waals surface area contributed by atoms with Crippen molar-refractivity contribution in [3.8, 4) is 0 Å². The van der Waals surface area contributed by atoms with Crippen molar-refractivity contribution >= 4 is 10.0 Å². The molecule has 112 valence electrons. The lowest BCUT2D eigenvalue weighted by molar-refractivity contribution is 0.327. The number of rotatable bonds is 5. The summed E-state index contributed by atoms with van der Waals surface area (Å²) in [5.74, 6) is 0.604. The standard InChI is InChI=1S/C15H24N2O2S/c1-12-5-3-7-14(9-12)17-20(18,19)15-8-4-6-13(10-15)11-16-2/h4,6,8,10,12,14,16-17H,3,5,7,9,11H2,1-2H3. The Kier molecular flexibility index (Phi) is 5.18. The Bertz CT molecular complexity index is 543.